The molecule has 0 saturated heterocycles. The van der Waals surface area contributed by atoms with Crippen molar-refractivity contribution < 1.29 is 19.1 Å². The third kappa shape index (κ3) is 5.75. The van der Waals surface area contributed by atoms with Gasteiger partial charge in [-0.25, -0.2) is 0 Å². The number of ether oxygens (including phenoxy) is 2. The predicted molar refractivity (Wildman–Crippen MR) is 161 cm³/mol. The fourth-order valence-corrected chi connectivity index (χ4v) is 4.70. The summed E-state index contributed by atoms with van der Waals surface area (Å²) in [6.07, 6.45) is 0. The van der Waals surface area contributed by atoms with Gasteiger partial charge in [0.25, 0.3) is 5.91 Å². The molecule has 41 heavy (non-hydrogen) atoms. The zero-order chi connectivity index (χ0) is 29.1. The van der Waals surface area contributed by atoms with Gasteiger partial charge in [-0.2, -0.15) is 9.78 Å². The third-order valence-corrected chi connectivity index (χ3v) is 6.94. The average molecular weight is 546 g/mol. The molecule has 0 spiro atoms. The first kappa shape index (κ1) is 27.4. The fraction of sp³-hybridized carbons (Fsp3) is 0.147. The van der Waals surface area contributed by atoms with Crippen molar-refractivity contribution in [1.82, 2.24) is 9.78 Å². The molecule has 5 aromatic rings. The van der Waals surface area contributed by atoms with Crippen LogP contribution in [-0.4, -0.2) is 28.8 Å². The summed E-state index contributed by atoms with van der Waals surface area (Å²) in [5, 5.41) is 7.94. The highest BCUT2D eigenvalue weighted by atomic mass is 16.5. The van der Waals surface area contributed by atoms with Gasteiger partial charge in [-0.1, -0.05) is 54.1 Å². The van der Waals surface area contributed by atoms with E-state index in [0.717, 1.165) is 33.5 Å². The van der Waals surface area contributed by atoms with Gasteiger partial charge in [0.2, 0.25) is 5.88 Å². The summed E-state index contributed by atoms with van der Waals surface area (Å²) in [6, 6.07) is 28.4. The maximum Gasteiger partial charge on any atom is 0.309 e. The van der Waals surface area contributed by atoms with Crippen LogP contribution in [0.3, 0.4) is 0 Å². The van der Waals surface area contributed by atoms with Crippen LogP contribution in [0.15, 0.2) is 91.0 Å². The SMILES string of the molecule is COc1cccc(C(=O)Nc2ccc(-c3c(-c4cccc(C)c4)nn(-c4cccc(C)c4C)c3OC(C)=O)cc2)c1. The Hall–Kier alpha value is -5.17. The molecule has 1 amide bonds. The number of hydrogen-bond donors (Lipinski definition) is 1. The van der Waals surface area contributed by atoms with E-state index < -0.39 is 5.97 Å². The number of esters is 1. The summed E-state index contributed by atoms with van der Waals surface area (Å²) < 4.78 is 12.8. The van der Waals surface area contributed by atoms with Crippen LogP contribution in [0.2, 0.25) is 0 Å². The Bertz CT molecular complexity index is 1750. The monoisotopic (exact) mass is 545 g/mol. The molecule has 0 fully saturated rings. The van der Waals surface area contributed by atoms with Crippen LogP contribution in [0.5, 0.6) is 11.6 Å². The largest absolute Gasteiger partial charge is 0.497 e. The number of rotatable bonds is 7. The number of anilines is 1. The molecule has 1 aromatic heterocycles. The van der Waals surface area contributed by atoms with Crippen molar-refractivity contribution in [3.05, 3.63) is 113 Å². The maximum atomic E-state index is 12.9. The zero-order valence-corrected chi connectivity index (χ0v) is 23.7. The van der Waals surface area contributed by atoms with Crippen molar-refractivity contribution in [2.75, 3.05) is 12.4 Å². The van der Waals surface area contributed by atoms with Crippen LogP contribution in [0, 0.1) is 20.8 Å². The van der Waals surface area contributed by atoms with Gasteiger partial charge in [-0.15, -0.1) is 0 Å². The highest BCUT2D eigenvalue weighted by molar-refractivity contribution is 6.04. The molecule has 0 aliphatic heterocycles. The average Bonchev–Trinajstić information content (AvgIpc) is 3.33. The summed E-state index contributed by atoms with van der Waals surface area (Å²) in [6.45, 7) is 7.47. The Kier molecular flexibility index (Phi) is 7.70. The number of aryl methyl sites for hydroxylation is 2. The van der Waals surface area contributed by atoms with Gasteiger partial charge in [0.1, 0.15) is 11.4 Å². The van der Waals surface area contributed by atoms with Crippen LogP contribution in [0.1, 0.15) is 34.0 Å². The van der Waals surface area contributed by atoms with Crippen molar-refractivity contribution in [2.45, 2.75) is 27.7 Å². The molecule has 0 saturated carbocycles. The molecule has 1 heterocycles. The minimum atomic E-state index is -0.448. The second-order valence-corrected chi connectivity index (χ2v) is 9.89. The lowest BCUT2D eigenvalue weighted by molar-refractivity contribution is -0.132. The fourth-order valence-electron chi connectivity index (χ4n) is 4.70. The van der Waals surface area contributed by atoms with Crippen molar-refractivity contribution >= 4 is 17.6 Å². The highest BCUT2D eigenvalue weighted by Crippen LogP contribution is 2.42. The number of aromatic nitrogens is 2. The number of benzene rings is 4. The van der Waals surface area contributed by atoms with E-state index in [1.165, 1.54) is 6.92 Å². The van der Waals surface area contributed by atoms with Crippen LogP contribution in [-0.2, 0) is 4.79 Å². The highest BCUT2D eigenvalue weighted by Gasteiger charge is 2.25. The number of amides is 1. The van der Waals surface area contributed by atoms with Crippen LogP contribution >= 0.6 is 0 Å². The van der Waals surface area contributed by atoms with E-state index in [0.29, 0.717) is 34.1 Å². The summed E-state index contributed by atoms with van der Waals surface area (Å²) >= 11 is 0. The van der Waals surface area contributed by atoms with Gasteiger partial charge in [0, 0.05) is 23.7 Å². The first-order valence-electron chi connectivity index (χ1n) is 13.3. The smallest absolute Gasteiger partial charge is 0.309 e. The first-order chi connectivity index (χ1) is 19.7. The molecule has 0 aliphatic rings. The van der Waals surface area contributed by atoms with Gasteiger partial charge in [0.05, 0.1) is 18.4 Å². The third-order valence-electron chi connectivity index (χ3n) is 6.94. The van der Waals surface area contributed by atoms with E-state index in [1.54, 1.807) is 36.1 Å². The Morgan fingerprint density at radius 2 is 1.56 bits per heavy atom. The van der Waals surface area contributed by atoms with E-state index in [-0.39, 0.29) is 5.91 Å². The standard InChI is InChI=1S/C34H31N3O4/c1-21-9-6-11-26(19-21)32-31(34(41-24(4)38)37(36-32)30-14-7-10-22(2)23(30)3)25-15-17-28(18-16-25)35-33(39)27-12-8-13-29(20-27)40-5/h6-20H,1-5H3,(H,35,39). The second-order valence-electron chi connectivity index (χ2n) is 9.89. The molecule has 0 bridgehead atoms. The van der Waals surface area contributed by atoms with Crippen molar-refractivity contribution in [2.24, 2.45) is 0 Å². The summed E-state index contributed by atoms with van der Waals surface area (Å²) in [5.74, 6) is 0.238. The van der Waals surface area contributed by atoms with E-state index in [1.807, 2.05) is 81.4 Å². The molecule has 7 nitrogen and oxygen atoms in total. The molecule has 0 radical (unpaired) electrons. The lowest BCUT2D eigenvalue weighted by Gasteiger charge is -2.13. The molecular weight excluding hydrogens is 514 g/mol. The quantitative estimate of drug-likeness (QED) is 0.217. The molecule has 1 N–H and O–H groups in total. The Labute approximate surface area is 239 Å². The molecular formula is C34H31N3O4. The summed E-state index contributed by atoms with van der Waals surface area (Å²) in [7, 11) is 1.56. The van der Waals surface area contributed by atoms with E-state index in [2.05, 4.69) is 11.4 Å². The van der Waals surface area contributed by atoms with Gasteiger partial charge in [-0.3, -0.25) is 9.59 Å². The van der Waals surface area contributed by atoms with Gasteiger partial charge >= 0.3 is 5.97 Å². The van der Waals surface area contributed by atoms with Crippen molar-refractivity contribution in [1.29, 1.82) is 0 Å². The molecule has 0 aliphatic carbocycles. The molecule has 4 aromatic carbocycles. The minimum Gasteiger partial charge on any atom is -0.497 e. The number of hydrogen-bond acceptors (Lipinski definition) is 5. The van der Waals surface area contributed by atoms with Crippen LogP contribution in [0.4, 0.5) is 5.69 Å². The number of nitrogens with zero attached hydrogens (tertiary/aromatic N) is 2. The predicted octanol–water partition coefficient (Wildman–Crippen LogP) is 7.32. The molecule has 206 valence electrons. The van der Waals surface area contributed by atoms with E-state index >= 15 is 0 Å². The summed E-state index contributed by atoms with van der Waals surface area (Å²) in [4.78, 5) is 25.2. The van der Waals surface area contributed by atoms with E-state index in [9.17, 15) is 9.59 Å². The molecule has 0 atom stereocenters. The number of carbonyl (C=O) groups excluding carboxylic acids is 2. The normalized spacial score (nSPS) is 10.8. The van der Waals surface area contributed by atoms with E-state index in [4.69, 9.17) is 14.6 Å². The lowest BCUT2D eigenvalue weighted by atomic mass is 9.99. The summed E-state index contributed by atoms with van der Waals surface area (Å²) in [5.41, 5.74) is 8.18. The van der Waals surface area contributed by atoms with Gasteiger partial charge < -0.3 is 14.8 Å². The number of nitrogens with one attached hydrogen (secondary N) is 1. The topological polar surface area (TPSA) is 82.4 Å². The van der Waals surface area contributed by atoms with Crippen LogP contribution < -0.4 is 14.8 Å². The molecule has 0 unspecified atom stereocenters. The van der Waals surface area contributed by atoms with Gasteiger partial charge in [0.15, 0.2) is 0 Å². The Morgan fingerprint density at radius 1 is 0.829 bits per heavy atom. The van der Waals surface area contributed by atoms with Gasteiger partial charge in [-0.05, 0) is 79.9 Å². The Balaban J connectivity index is 1.62. The van der Waals surface area contributed by atoms with Crippen LogP contribution in [0.25, 0.3) is 28.1 Å². The van der Waals surface area contributed by atoms with Crippen molar-refractivity contribution in [3.63, 3.8) is 0 Å². The van der Waals surface area contributed by atoms with Crippen molar-refractivity contribution in [3.8, 4) is 39.7 Å². The number of carbonyl (C=O) groups is 2. The zero-order valence-electron chi connectivity index (χ0n) is 23.7. The molecule has 7 heteroatoms. The first-order valence-corrected chi connectivity index (χ1v) is 13.3. The number of methoxy groups -OCH3 is 1. The molecule has 5 rings (SSSR count). The lowest BCUT2D eigenvalue weighted by Crippen LogP contribution is -2.11. The maximum absolute atomic E-state index is 12.9. The second kappa shape index (κ2) is 11.5. The Morgan fingerprint density at radius 3 is 2.27 bits per heavy atom. The minimum absolute atomic E-state index is 0.250.